The van der Waals surface area contributed by atoms with E-state index in [1.807, 2.05) is 0 Å². The van der Waals surface area contributed by atoms with Gasteiger partial charge in [-0.2, -0.15) is 5.10 Å². The highest BCUT2D eigenvalue weighted by Crippen LogP contribution is 2.13. The Morgan fingerprint density at radius 1 is 1.00 bits per heavy atom. The Bertz CT molecular complexity index is 1270. The second-order valence-electron chi connectivity index (χ2n) is 6.23. The summed E-state index contributed by atoms with van der Waals surface area (Å²) in [4.78, 5) is 37.0. The molecular formula is C21H16N4O5. The summed E-state index contributed by atoms with van der Waals surface area (Å²) in [5, 5.41) is 12.7. The molecule has 0 fully saturated rings. The second kappa shape index (κ2) is 8.31. The molecule has 0 aliphatic carbocycles. The molecule has 4 aromatic rings. The van der Waals surface area contributed by atoms with Crippen LogP contribution in [0.15, 0.2) is 80.4 Å². The predicted octanol–water partition coefficient (Wildman–Crippen LogP) is 2.20. The van der Waals surface area contributed by atoms with Crippen molar-refractivity contribution in [2.24, 2.45) is 0 Å². The van der Waals surface area contributed by atoms with Gasteiger partial charge in [0.1, 0.15) is 11.5 Å². The van der Waals surface area contributed by atoms with Crippen molar-refractivity contribution in [3.8, 4) is 0 Å². The smallest absolute Gasteiger partial charge is 0.291 e. The van der Waals surface area contributed by atoms with Crippen LogP contribution in [-0.2, 0) is 11.3 Å². The van der Waals surface area contributed by atoms with Gasteiger partial charge in [-0.3, -0.25) is 14.4 Å². The van der Waals surface area contributed by atoms with Crippen LogP contribution in [0, 0.1) is 0 Å². The molecule has 0 aliphatic rings. The lowest BCUT2D eigenvalue weighted by Crippen LogP contribution is -2.34. The minimum atomic E-state index is -0.583. The SMILES string of the molecule is O=C(NCc1n[nH]c(=O)c2ccccc12)/C(=C/c1ccco1)NC(=O)c1ccco1. The zero-order valence-corrected chi connectivity index (χ0v) is 15.5. The average molecular weight is 404 g/mol. The van der Waals surface area contributed by atoms with Gasteiger partial charge in [0.15, 0.2) is 5.76 Å². The lowest BCUT2D eigenvalue weighted by Gasteiger charge is -2.10. The van der Waals surface area contributed by atoms with Gasteiger partial charge in [0.05, 0.1) is 30.2 Å². The highest BCUT2D eigenvalue weighted by atomic mass is 16.3. The zero-order valence-electron chi connectivity index (χ0n) is 15.5. The van der Waals surface area contributed by atoms with E-state index >= 15 is 0 Å². The van der Waals surface area contributed by atoms with E-state index in [2.05, 4.69) is 20.8 Å². The number of carbonyl (C=O) groups excluding carboxylic acids is 2. The molecule has 9 nitrogen and oxygen atoms in total. The van der Waals surface area contributed by atoms with E-state index < -0.39 is 11.8 Å². The van der Waals surface area contributed by atoms with Crippen molar-refractivity contribution in [2.75, 3.05) is 0 Å². The first-order chi connectivity index (χ1) is 14.6. The lowest BCUT2D eigenvalue weighted by atomic mass is 10.1. The minimum Gasteiger partial charge on any atom is -0.465 e. The predicted molar refractivity (Wildman–Crippen MR) is 107 cm³/mol. The number of rotatable bonds is 6. The summed E-state index contributed by atoms with van der Waals surface area (Å²) < 4.78 is 10.3. The molecule has 3 aromatic heterocycles. The van der Waals surface area contributed by atoms with Gasteiger partial charge < -0.3 is 19.5 Å². The molecule has 0 spiro atoms. The van der Waals surface area contributed by atoms with Crippen molar-refractivity contribution < 1.29 is 18.4 Å². The summed E-state index contributed by atoms with van der Waals surface area (Å²) in [6.45, 7) is 0.0300. The van der Waals surface area contributed by atoms with Crippen molar-refractivity contribution >= 4 is 28.7 Å². The van der Waals surface area contributed by atoms with E-state index in [0.717, 1.165) is 0 Å². The van der Waals surface area contributed by atoms with E-state index in [1.165, 1.54) is 24.7 Å². The van der Waals surface area contributed by atoms with Crippen molar-refractivity contribution in [3.05, 3.63) is 94.3 Å². The standard InChI is InChI=1S/C21H16N4O5/c26-19-15-7-2-1-6-14(15)17(24-25-19)12-22-20(27)16(11-13-5-3-9-29-13)23-21(28)18-8-4-10-30-18/h1-11H,12H2,(H,22,27)(H,23,28)(H,25,26)/b16-11-. The number of amides is 2. The van der Waals surface area contributed by atoms with Crippen LogP contribution in [0.3, 0.4) is 0 Å². The van der Waals surface area contributed by atoms with Crippen LogP contribution in [0.2, 0.25) is 0 Å². The second-order valence-corrected chi connectivity index (χ2v) is 6.23. The number of aromatic nitrogens is 2. The molecule has 0 unspecified atom stereocenters. The number of carbonyl (C=O) groups is 2. The van der Waals surface area contributed by atoms with Gasteiger partial charge in [0, 0.05) is 11.5 Å². The number of aromatic amines is 1. The number of hydrogen-bond acceptors (Lipinski definition) is 6. The first-order valence-corrected chi connectivity index (χ1v) is 8.96. The van der Waals surface area contributed by atoms with Gasteiger partial charge in [-0.25, -0.2) is 5.10 Å². The zero-order chi connectivity index (χ0) is 20.9. The maximum absolute atomic E-state index is 12.8. The molecule has 150 valence electrons. The Labute approximate surface area is 169 Å². The number of H-pyrrole nitrogens is 1. The van der Waals surface area contributed by atoms with E-state index in [0.29, 0.717) is 22.2 Å². The Kier molecular flexibility index (Phi) is 5.25. The number of fused-ring (bicyclic) bond motifs is 1. The number of furan rings is 2. The molecule has 0 radical (unpaired) electrons. The number of nitrogens with one attached hydrogen (secondary N) is 3. The number of hydrogen-bond donors (Lipinski definition) is 3. The van der Waals surface area contributed by atoms with Gasteiger partial charge in [-0.05, 0) is 30.3 Å². The molecule has 0 bridgehead atoms. The number of benzene rings is 1. The molecule has 4 rings (SSSR count). The van der Waals surface area contributed by atoms with Crippen LogP contribution in [0.4, 0.5) is 0 Å². The third kappa shape index (κ3) is 4.04. The molecule has 9 heteroatoms. The summed E-state index contributed by atoms with van der Waals surface area (Å²) >= 11 is 0. The molecule has 30 heavy (non-hydrogen) atoms. The van der Waals surface area contributed by atoms with Crippen molar-refractivity contribution in [2.45, 2.75) is 6.54 Å². The summed E-state index contributed by atoms with van der Waals surface area (Å²) in [7, 11) is 0. The maximum Gasteiger partial charge on any atom is 0.291 e. The van der Waals surface area contributed by atoms with Crippen LogP contribution in [-0.4, -0.2) is 22.0 Å². The maximum atomic E-state index is 12.8. The van der Waals surface area contributed by atoms with Gasteiger partial charge in [-0.1, -0.05) is 18.2 Å². The fraction of sp³-hybridized carbons (Fsp3) is 0.0476. The van der Waals surface area contributed by atoms with E-state index in [4.69, 9.17) is 8.83 Å². The first-order valence-electron chi connectivity index (χ1n) is 8.96. The van der Waals surface area contributed by atoms with Crippen molar-refractivity contribution in [3.63, 3.8) is 0 Å². The van der Waals surface area contributed by atoms with Crippen LogP contribution in [0.5, 0.6) is 0 Å². The summed E-state index contributed by atoms with van der Waals surface area (Å²) in [6.07, 6.45) is 4.21. The van der Waals surface area contributed by atoms with E-state index in [1.54, 1.807) is 42.5 Å². The molecule has 0 aliphatic heterocycles. The molecule has 2 amide bonds. The average Bonchev–Trinajstić information content (AvgIpc) is 3.47. The molecule has 0 atom stereocenters. The van der Waals surface area contributed by atoms with Crippen LogP contribution in [0.1, 0.15) is 22.0 Å². The van der Waals surface area contributed by atoms with Gasteiger partial charge in [0.25, 0.3) is 17.4 Å². The Morgan fingerprint density at radius 3 is 2.50 bits per heavy atom. The third-order valence-electron chi connectivity index (χ3n) is 4.26. The molecule has 3 N–H and O–H groups in total. The Hall–Kier alpha value is -4.40. The van der Waals surface area contributed by atoms with Gasteiger partial charge in [-0.15, -0.1) is 0 Å². The third-order valence-corrected chi connectivity index (χ3v) is 4.26. The van der Waals surface area contributed by atoms with Crippen molar-refractivity contribution in [1.82, 2.24) is 20.8 Å². The topological polar surface area (TPSA) is 130 Å². The fourth-order valence-corrected chi connectivity index (χ4v) is 2.83. The van der Waals surface area contributed by atoms with Crippen LogP contribution >= 0.6 is 0 Å². The molecule has 0 saturated carbocycles. The summed E-state index contributed by atoms with van der Waals surface area (Å²) in [6, 6.07) is 13.3. The monoisotopic (exact) mass is 404 g/mol. The molecule has 3 heterocycles. The molecule has 0 saturated heterocycles. The highest BCUT2D eigenvalue weighted by molar-refractivity contribution is 6.04. The first kappa shape index (κ1) is 18.9. The Balaban J connectivity index is 1.56. The van der Waals surface area contributed by atoms with Crippen LogP contribution in [0.25, 0.3) is 16.8 Å². The quantitative estimate of drug-likeness (QED) is 0.422. The highest BCUT2D eigenvalue weighted by Gasteiger charge is 2.17. The van der Waals surface area contributed by atoms with Crippen LogP contribution < -0.4 is 16.2 Å². The van der Waals surface area contributed by atoms with E-state index in [9.17, 15) is 14.4 Å². The van der Waals surface area contributed by atoms with Crippen molar-refractivity contribution in [1.29, 1.82) is 0 Å². The fourth-order valence-electron chi connectivity index (χ4n) is 2.83. The molecule has 1 aromatic carbocycles. The van der Waals surface area contributed by atoms with Gasteiger partial charge in [0.2, 0.25) is 0 Å². The summed E-state index contributed by atoms with van der Waals surface area (Å²) in [5.74, 6) is -0.710. The molecular weight excluding hydrogens is 388 g/mol. The van der Waals surface area contributed by atoms with Gasteiger partial charge >= 0.3 is 0 Å². The lowest BCUT2D eigenvalue weighted by molar-refractivity contribution is -0.117. The van der Waals surface area contributed by atoms with E-state index in [-0.39, 0.29) is 23.6 Å². The largest absolute Gasteiger partial charge is 0.465 e. The minimum absolute atomic E-state index is 0.0300. The number of nitrogens with zero attached hydrogens (tertiary/aromatic N) is 1. The summed E-state index contributed by atoms with van der Waals surface area (Å²) in [5.41, 5.74) is 0.123. The Morgan fingerprint density at radius 2 is 1.77 bits per heavy atom. The normalized spacial score (nSPS) is 11.4.